The summed E-state index contributed by atoms with van der Waals surface area (Å²) in [7, 11) is 0. The van der Waals surface area contributed by atoms with Crippen LogP contribution >= 0.6 is 11.6 Å². The molecule has 0 radical (unpaired) electrons. The van der Waals surface area contributed by atoms with Gasteiger partial charge in [0.2, 0.25) is 0 Å². The third-order valence-corrected chi connectivity index (χ3v) is 3.64. The summed E-state index contributed by atoms with van der Waals surface area (Å²) in [5, 5.41) is 8.67. The summed E-state index contributed by atoms with van der Waals surface area (Å²) >= 11 is 6.16. The SMILES string of the molecule is Cc1c(Cl)cccc1-n1nnc(C=O)c1-c1ccncc1. The van der Waals surface area contributed by atoms with Crippen molar-refractivity contribution in [2.75, 3.05) is 0 Å². The minimum absolute atomic E-state index is 0.278. The van der Waals surface area contributed by atoms with Gasteiger partial charge in [-0.25, -0.2) is 4.68 Å². The average Bonchev–Trinajstić information content (AvgIpc) is 2.94. The monoisotopic (exact) mass is 298 g/mol. The molecule has 0 fully saturated rings. The van der Waals surface area contributed by atoms with E-state index < -0.39 is 0 Å². The van der Waals surface area contributed by atoms with E-state index in [9.17, 15) is 4.79 Å². The van der Waals surface area contributed by atoms with Crippen LogP contribution in [0.15, 0.2) is 42.7 Å². The highest BCUT2D eigenvalue weighted by atomic mass is 35.5. The van der Waals surface area contributed by atoms with Crippen molar-refractivity contribution in [3.8, 4) is 16.9 Å². The van der Waals surface area contributed by atoms with Gasteiger partial charge in [-0.1, -0.05) is 22.9 Å². The van der Waals surface area contributed by atoms with Crippen LogP contribution in [0.4, 0.5) is 0 Å². The highest BCUT2D eigenvalue weighted by Gasteiger charge is 2.17. The number of hydrogen-bond donors (Lipinski definition) is 0. The molecule has 0 amide bonds. The summed E-state index contributed by atoms with van der Waals surface area (Å²) in [6.45, 7) is 1.90. The van der Waals surface area contributed by atoms with Gasteiger partial charge >= 0.3 is 0 Å². The first-order valence-electron chi connectivity index (χ1n) is 6.29. The molecule has 3 aromatic rings. The van der Waals surface area contributed by atoms with E-state index in [2.05, 4.69) is 15.3 Å². The summed E-state index contributed by atoms with van der Waals surface area (Å²) in [6.07, 6.45) is 4.01. The molecule has 0 saturated carbocycles. The number of rotatable bonds is 3. The Morgan fingerprint density at radius 3 is 2.67 bits per heavy atom. The van der Waals surface area contributed by atoms with E-state index in [-0.39, 0.29) is 5.69 Å². The second-order valence-corrected chi connectivity index (χ2v) is 4.88. The Labute approximate surface area is 126 Å². The van der Waals surface area contributed by atoms with Crippen molar-refractivity contribution < 1.29 is 4.79 Å². The highest BCUT2D eigenvalue weighted by molar-refractivity contribution is 6.31. The zero-order valence-corrected chi connectivity index (χ0v) is 11.9. The summed E-state index contributed by atoms with van der Waals surface area (Å²) in [5.74, 6) is 0. The Balaban J connectivity index is 2.28. The van der Waals surface area contributed by atoms with Gasteiger partial charge in [0.05, 0.1) is 5.69 Å². The Bertz CT molecular complexity index is 799. The molecule has 0 unspecified atom stereocenters. The average molecular weight is 299 g/mol. The molecule has 104 valence electrons. The van der Waals surface area contributed by atoms with Gasteiger partial charge in [-0.3, -0.25) is 9.78 Å². The minimum atomic E-state index is 0.278. The van der Waals surface area contributed by atoms with E-state index in [1.165, 1.54) is 0 Å². The van der Waals surface area contributed by atoms with Gasteiger partial charge < -0.3 is 0 Å². The lowest BCUT2D eigenvalue weighted by atomic mass is 10.1. The lowest BCUT2D eigenvalue weighted by Gasteiger charge is -2.10. The maximum atomic E-state index is 11.2. The first kappa shape index (κ1) is 13.5. The predicted molar refractivity (Wildman–Crippen MR) is 79.7 cm³/mol. The molecule has 0 saturated heterocycles. The van der Waals surface area contributed by atoms with Crippen LogP contribution in [0.2, 0.25) is 5.02 Å². The molecule has 0 spiro atoms. The standard InChI is InChI=1S/C15H11ClN4O/c1-10-12(16)3-2-4-14(10)20-15(13(9-21)18-19-20)11-5-7-17-8-6-11/h2-9H,1H3. The summed E-state index contributed by atoms with van der Waals surface area (Å²) in [5.41, 5.74) is 3.38. The molecule has 0 N–H and O–H groups in total. The number of pyridine rings is 1. The topological polar surface area (TPSA) is 60.7 Å². The van der Waals surface area contributed by atoms with E-state index in [1.54, 1.807) is 17.1 Å². The van der Waals surface area contributed by atoms with Crippen molar-refractivity contribution >= 4 is 17.9 Å². The molecular formula is C15H11ClN4O. The number of nitrogens with zero attached hydrogens (tertiary/aromatic N) is 4. The second-order valence-electron chi connectivity index (χ2n) is 4.47. The van der Waals surface area contributed by atoms with Crippen LogP contribution in [0.25, 0.3) is 16.9 Å². The van der Waals surface area contributed by atoms with Crippen molar-refractivity contribution in [1.29, 1.82) is 0 Å². The van der Waals surface area contributed by atoms with Gasteiger partial charge in [0, 0.05) is 23.0 Å². The van der Waals surface area contributed by atoms with Gasteiger partial charge in [-0.05, 0) is 36.8 Å². The van der Waals surface area contributed by atoms with Crippen molar-refractivity contribution in [1.82, 2.24) is 20.0 Å². The Morgan fingerprint density at radius 2 is 1.95 bits per heavy atom. The maximum Gasteiger partial charge on any atom is 0.172 e. The van der Waals surface area contributed by atoms with Crippen LogP contribution in [-0.4, -0.2) is 26.3 Å². The van der Waals surface area contributed by atoms with E-state index in [4.69, 9.17) is 11.6 Å². The van der Waals surface area contributed by atoms with Crippen molar-refractivity contribution in [2.24, 2.45) is 0 Å². The maximum absolute atomic E-state index is 11.2. The van der Waals surface area contributed by atoms with Gasteiger partial charge in [-0.15, -0.1) is 5.10 Å². The normalized spacial score (nSPS) is 10.6. The zero-order chi connectivity index (χ0) is 14.8. The molecule has 6 heteroatoms. The second kappa shape index (κ2) is 5.46. The molecule has 0 aliphatic heterocycles. The number of aromatic nitrogens is 4. The molecule has 1 aromatic carbocycles. The molecule has 0 bridgehead atoms. The fraction of sp³-hybridized carbons (Fsp3) is 0.0667. The number of benzene rings is 1. The molecule has 5 nitrogen and oxygen atoms in total. The Kier molecular flexibility index (Phi) is 3.50. The van der Waals surface area contributed by atoms with Crippen LogP contribution < -0.4 is 0 Å². The quantitative estimate of drug-likeness (QED) is 0.697. The highest BCUT2D eigenvalue weighted by Crippen LogP contribution is 2.28. The lowest BCUT2D eigenvalue weighted by molar-refractivity contribution is 0.111. The van der Waals surface area contributed by atoms with E-state index >= 15 is 0 Å². The molecule has 2 aromatic heterocycles. The van der Waals surface area contributed by atoms with Crippen LogP contribution in [0.1, 0.15) is 16.1 Å². The fourth-order valence-electron chi connectivity index (χ4n) is 2.15. The van der Waals surface area contributed by atoms with Crippen LogP contribution in [-0.2, 0) is 0 Å². The van der Waals surface area contributed by atoms with E-state index in [0.29, 0.717) is 17.0 Å². The molecule has 2 heterocycles. The van der Waals surface area contributed by atoms with E-state index in [1.807, 2.05) is 37.3 Å². The molecule has 0 aliphatic rings. The van der Waals surface area contributed by atoms with Gasteiger partial charge in [0.1, 0.15) is 5.69 Å². The van der Waals surface area contributed by atoms with Crippen LogP contribution in [0, 0.1) is 6.92 Å². The van der Waals surface area contributed by atoms with Gasteiger partial charge in [0.25, 0.3) is 0 Å². The van der Waals surface area contributed by atoms with Crippen molar-refractivity contribution in [3.05, 3.63) is 59.0 Å². The smallest absolute Gasteiger partial charge is 0.172 e. The lowest BCUT2D eigenvalue weighted by Crippen LogP contribution is -2.02. The Hall–Kier alpha value is -2.53. The largest absolute Gasteiger partial charge is 0.296 e. The summed E-state index contributed by atoms with van der Waals surface area (Å²) < 4.78 is 1.63. The number of halogens is 1. The molecule has 3 rings (SSSR count). The number of aldehydes is 1. The van der Waals surface area contributed by atoms with Gasteiger partial charge in [0.15, 0.2) is 12.0 Å². The molecule has 0 atom stereocenters. The van der Waals surface area contributed by atoms with Crippen LogP contribution in [0.5, 0.6) is 0 Å². The third kappa shape index (κ3) is 2.32. The molecular weight excluding hydrogens is 288 g/mol. The third-order valence-electron chi connectivity index (χ3n) is 3.23. The van der Waals surface area contributed by atoms with E-state index in [0.717, 1.165) is 16.8 Å². The summed E-state index contributed by atoms with van der Waals surface area (Å²) in [6, 6.07) is 9.15. The first-order chi connectivity index (χ1) is 10.2. The van der Waals surface area contributed by atoms with Crippen molar-refractivity contribution in [2.45, 2.75) is 6.92 Å². The van der Waals surface area contributed by atoms with Crippen molar-refractivity contribution in [3.63, 3.8) is 0 Å². The summed E-state index contributed by atoms with van der Waals surface area (Å²) in [4.78, 5) is 15.2. The molecule has 21 heavy (non-hydrogen) atoms. The number of carbonyl (C=O) groups excluding carboxylic acids is 1. The zero-order valence-electron chi connectivity index (χ0n) is 11.2. The minimum Gasteiger partial charge on any atom is -0.296 e. The Morgan fingerprint density at radius 1 is 1.19 bits per heavy atom. The van der Waals surface area contributed by atoms with Gasteiger partial charge in [-0.2, -0.15) is 0 Å². The van der Waals surface area contributed by atoms with Crippen LogP contribution in [0.3, 0.4) is 0 Å². The predicted octanol–water partition coefficient (Wildman–Crippen LogP) is 3.10. The fourth-order valence-corrected chi connectivity index (χ4v) is 2.32. The molecule has 0 aliphatic carbocycles. The first-order valence-corrected chi connectivity index (χ1v) is 6.67. The number of carbonyl (C=O) groups is 1. The number of hydrogen-bond acceptors (Lipinski definition) is 4.